The Morgan fingerprint density at radius 3 is 2.71 bits per heavy atom. The number of carbonyl (C=O) groups is 1. The van der Waals surface area contributed by atoms with Crippen LogP contribution in [-0.2, 0) is 6.42 Å². The Balaban J connectivity index is 1.37. The molecule has 140 valence electrons. The Labute approximate surface area is 161 Å². The van der Waals surface area contributed by atoms with Crippen LogP contribution in [-0.4, -0.2) is 32.6 Å². The first kappa shape index (κ1) is 17.5. The molecule has 2 heterocycles. The summed E-state index contributed by atoms with van der Waals surface area (Å²) in [6.07, 6.45) is 4.56. The third-order valence-electron chi connectivity index (χ3n) is 4.41. The quantitative estimate of drug-likeness (QED) is 0.390. The highest BCUT2D eigenvalue weighted by molar-refractivity contribution is 5.88. The Bertz CT molecular complexity index is 1110. The van der Waals surface area contributed by atoms with Gasteiger partial charge in [0.2, 0.25) is 5.95 Å². The van der Waals surface area contributed by atoms with Crippen molar-refractivity contribution in [1.82, 2.24) is 15.0 Å². The van der Waals surface area contributed by atoms with E-state index in [2.05, 4.69) is 37.7 Å². The van der Waals surface area contributed by atoms with Crippen molar-refractivity contribution in [2.24, 2.45) is 0 Å². The van der Waals surface area contributed by atoms with Crippen molar-refractivity contribution < 1.29 is 9.90 Å². The van der Waals surface area contributed by atoms with E-state index in [1.807, 2.05) is 18.3 Å². The normalized spacial score (nSPS) is 10.7. The van der Waals surface area contributed by atoms with Gasteiger partial charge in [0.05, 0.1) is 5.56 Å². The summed E-state index contributed by atoms with van der Waals surface area (Å²) in [6.45, 7) is 0.707. The lowest BCUT2D eigenvalue weighted by Crippen LogP contribution is -2.08. The van der Waals surface area contributed by atoms with Crippen LogP contribution < -0.4 is 10.6 Å². The van der Waals surface area contributed by atoms with Crippen molar-refractivity contribution in [3.8, 4) is 0 Å². The van der Waals surface area contributed by atoms with Crippen LogP contribution in [0.2, 0.25) is 0 Å². The standard InChI is InChI=1S/C21H19N5O2/c27-20(28)14-5-7-16(8-6-14)25-19-10-12-23-21(26-19)22-11-9-15-13-24-18-4-2-1-3-17(15)18/h1-8,10,12-13,24H,9,11H2,(H,27,28)(H2,22,23,25,26). The Morgan fingerprint density at radius 2 is 1.89 bits per heavy atom. The summed E-state index contributed by atoms with van der Waals surface area (Å²) >= 11 is 0. The van der Waals surface area contributed by atoms with Crippen LogP contribution in [0.4, 0.5) is 17.5 Å². The highest BCUT2D eigenvalue weighted by atomic mass is 16.4. The van der Waals surface area contributed by atoms with E-state index in [1.54, 1.807) is 36.5 Å². The lowest BCUT2D eigenvalue weighted by atomic mass is 10.1. The third-order valence-corrected chi connectivity index (χ3v) is 4.41. The van der Waals surface area contributed by atoms with Gasteiger partial charge in [-0.1, -0.05) is 18.2 Å². The van der Waals surface area contributed by atoms with E-state index >= 15 is 0 Å². The number of aromatic nitrogens is 3. The predicted octanol–water partition coefficient (Wildman–Crippen LogP) is 4.05. The van der Waals surface area contributed by atoms with Gasteiger partial charge in [-0.25, -0.2) is 9.78 Å². The summed E-state index contributed by atoms with van der Waals surface area (Å²) in [4.78, 5) is 22.9. The molecule has 0 saturated heterocycles. The van der Waals surface area contributed by atoms with Crippen LogP contribution in [0.15, 0.2) is 67.0 Å². The molecule has 0 amide bonds. The maximum Gasteiger partial charge on any atom is 0.335 e. The summed E-state index contributed by atoms with van der Waals surface area (Å²) in [5.74, 6) is 0.218. The monoisotopic (exact) mass is 373 g/mol. The van der Waals surface area contributed by atoms with Crippen molar-refractivity contribution in [2.45, 2.75) is 6.42 Å². The number of H-pyrrole nitrogens is 1. The number of fused-ring (bicyclic) bond motifs is 1. The average molecular weight is 373 g/mol. The molecule has 0 fully saturated rings. The number of benzene rings is 2. The molecule has 0 spiro atoms. The van der Waals surface area contributed by atoms with Gasteiger partial charge in [0, 0.05) is 35.5 Å². The van der Waals surface area contributed by atoms with Gasteiger partial charge in [-0.3, -0.25) is 0 Å². The molecular weight excluding hydrogens is 354 g/mol. The number of aromatic amines is 1. The molecule has 4 aromatic rings. The Morgan fingerprint density at radius 1 is 1.07 bits per heavy atom. The molecule has 0 unspecified atom stereocenters. The molecule has 0 aliphatic carbocycles. The summed E-state index contributed by atoms with van der Waals surface area (Å²) < 4.78 is 0. The van der Waals surface area contributed by atoms with Gasteiger partial charge < -0.3 is 20.7 Å². The molecule has 4 N–H and O–H groups in total. The summed E-state index contributed by atoms with van der Waals surface area (Å²) in [5.41, 5.74) is 3.38. The fourth-order valence-electron chi connectivity index (χ4n) is 3.00. The SMILES string of the molecule is O=C(O)c1ccc(Nc2ccnc(NCCc3c[nH]c4ccccc34)n2)cc1. The molecule has 0 radical (unpaired) electrons. The zero-order chi connectivity index (χ0) is 19.3. The average Bonchev–Trinajstić information content (AvgIpc) is 3.12. The smallest absolute Gasteiger partial charge is 0.335 e. The van der Waals surface area contributed by atoms with Gasteiger partial charge in [-0.2, -0.15) is 4.98 Å². The van der Waals surface area contributed by atoms with E-state index in [-0.39, 0.29) is 5.56 Å². The van der Waals surface area contributed by atoms with Gasteiger partial charge in [0.15, 0.2) is 0 Å². The molecule has 0 saturated carbocycles. The number of hydrogen-bond acceptors (Lipinski definition) is 5. The zero-order valence-corrected chi connectivity index (χ0v) is 15.0. The Hall–Kier alpha value is -3.87. The number of hydrogen-bond donors (Lipinski definition) is 4. The fourth-order valence-corrected chi connectivity index (χ4v) is 3.00. The second-order valence-electron chi connectivity index (χ2n) is 6.31. The van der Waals surface area contributed by atoms with Gasteiger partial charge in [0.25, 0.3) is 0 Å². The number of nitrogens with one attached hydrogen (secondary N) is 3. The maximum absolute atomic E-state index is 10.9. The Kier molecular flexibility index (Phi) is 4.88. The van der Waals surface area contributed by atoms with Crippen molar-refractivity contribution in [3.63, 3.8) is 0 Å². The van der Waals surface area contributed by atoms with E-state index in [9.17, 15) is 4.79 Å². The third kappa shape index (κ3) is 3.93. The largest absolute Gasteiger partial charge is 0.478 e. The zero-order valence-electron chi connectivity index (χ0n) is 15.0. The number of carboxylic acid groups (broad SMARTS) is 1. The fraction of sp³-hybridized carbons (Fsp3) is 0.0952. The molecule has 7 heteroatoms. The second-order valence-corrected chi connectivity index (χ2v) is 6.31. The number of para-hydroxylation sites is 1. The highest BCUT2D eigenvalue weighted by Gasteiger charge is 2.05. The maximum atomic E-state index is 10.9. The number of rotatable bonds is 7. The minimum atomic E-state index is -0.949. The molecule has 0 atom stereocenters. The minimum absolute atomic E-state index is 0.243. The number of carboxylic acids is 1. The van der Waals surface area contributed by atoms with Crippen LogP contribution in [0.3, 0.4) is 0 Å². The molecule has 2 aromatic heterocycles. The van der Waals surface area contributed by atoms with Crippen LogP contribution in [0.25, 0.3) is 10.9 Å². The first-order chi connectivity index (χ1) is 13.7. The van der Waals surface area contributed by atoms with E-state index in [0.717, 1.165) is 17.6 Å². The van der Waals surface area contributed by atoms with Crippen molar-refractivity contribution >= 4 is 34.3 Å². The van der Waals surface area contributed by atoms with Crippen LogP contribution in [0.5, 0.6) is 0 Å². The number of anilines is 3. The molecule has 0 aliphatic heterocycles. The second kappa shape index (κ2) is 7.79. The van der Waals surface area contributed by atoms with E-state index in [0.29, 0.717) is 18.3 Å². The topological polar surface area (TPSA) is 103 Å². The highest BCUT2D eigenvalue weighted by Crippen LogP contribution is 2.19. The summed E-state index contributed by atoms with van der Waals surface area (Å²) in [6, 6.07) is 16.5. The van der Waals surface area contributed by atoms with E-state index in [1.165, 1.54) is 10.9 Å². The number of aromatic carboxylic acids is 1. The lowest BCUT2D eigenvalue weighted by Gasteiger charge is -2.08. The van der Waals surface area contributed by atoms with Crippen LogP contribution in [0, 0.1) is 0 Å². The van der Waals surface area contributed by atoms with Crippen molar-refractivity contribution in [2.75, 3.05) is 17.2 Å². The minimum Gasteiger partial charge on any atom is -0.478 e. The van der Waals surface area contributed by atoms with Gasteiger partial charge in [-0.05, 0) is 48.4 Å². The lowest BCUT2D eigenvalue weighted by molar-refractivity contribution is 0.0697. The first-order valence-corrected chi connectivity index (χ1v) is 8.91. The van der Waals surface area contributed by atoms with Crippen molar-refractivity contribution in [3.05, 3.63) is 78.1 Å². The molecule has 0 bridgehead atoms. The van der Waals surface area contributed by atoms with Gasteiger partial charge >= 0.3 is 5.97 Å². The summed E-state index contributed by atoms with van der Waals surface area (Å²) in [7, 11) is 0. The van der Waals surface area contributed by atoms with E-state index in [4.69, 9.17) is 5.11 Å². The summed E-state index contributed by atoms with van der Waals surface area (Å²) in [5, 5.41) is 16.6. The molecule has 0 aliphatic rings. The molecule has 2 aromatic carbocycles. The van der Waals surface area contributed by atoms with Gasteiger partial charge in [-0.15, -0.1) is 0 Å². The van der Waals surface area contributed by atoms with Gasteiger partial charge in [0.1, 0.15) is 5.82 Å². The predicted molar refractivity (Wildman–Crippen MR) is 109 cm³/mol. The molecule has 28 heavy (non-hydrogen) atoms. The molecule has 7 nitrogen and oxygen atoms in total. The van der Waals surface area contributed by atoms with Crippen molar-refractivity contribution in [1.29, 1.82) is 0 Å². The first-order valence-electron chi connectivity index (χ1n) is 8.91. The number of nitrogens with zero attached hydrogens (tertiary/aromatic N) is 2. The molecular formula is C21H19N5O2. The van der Waals surface area contributed by atoms with E-state index < -0.39 is 5.97 Å². The van der Waals surface area contributed by atoms with Crippen LogP contribution >= 0.6 is 0 Å². The van der Waals surface area contributed by atoms with Crippen LogP contribution in [0.1, 0.15) is 15.9 Å². The molecule has 4 rings (SSSR count).